The van der Waals surface area contributed by atoms with Crippen LogP contribution in [-0.2, 0) is 0 Å². The van der Waals surface area contributed by atoms with Crippen LogP contribution in [0.1, 0.15) is 35.4 Å². The van der Waals surface area contributed by atoms with E-state index in [1.807, 2.05) is 0 Å². The Balaban J connectivity index is 1.54. The second kappa shape index (κ2) is 6.00. The van der Waals surface area contributed by atoms with Crippen molar-refractivity contribution in [3.63, 3.8) is 0 Å². The summed E-state index contributed by atoms with van der Waals surface area (Å²) in [6, 6.07) is 9.05. The normalized spacial score (nSPS) is 24.4. The van der Waals surface area contributed by atoms with Crippen LogP contribution in [0.5, 0.6) is 0 Å². The fourth-order valence-corrected chi connectivity index (χ4v) is 3.83. The average molecular weight is 341 g/mol. The number of hydrogen-bond acceptors (Lipinski definition) is 5. The molecule has 2 fully saturated rings. The van der Waals surface area contributed by atoms with E-state index < -0.39 is 4.92 Å². The number of amides is 1. The molecule has 2 aliphatic rings. The van der Waals surface area contributed by atoms with Crippen molar-refractivity contribution in [3.8, 4) is 11.3 Å². The number of hydrogen-bond donors (Lipinski definition) is 2. The molecular formula is C18H19N3O4. The van der Waals surface area contributed by atoms with Crippen molar-refractivity contribution in [1.82, 2.24) is 10.6 Å². The molecule has 7 heteroatoms. The van der Waals surface area contributed by atoms with E-state index in [0.29, 0.717) is 23.4 Å². The van der Waals surface area contributed by atoms with Crippen LogP contribution in [0.2, 0.25) is 0 Å². The highest BCUT2D eigenvalue weighted by Gasteiger charge is 2.40. The lowest BCUT2D eigenvalue weighted by atomic mass is 9.95. The number of carbonyl (C=O) groups excluding carboxylic acids is 1. The van der Waals surface area contributed by atoms with Crippen LogP contribution in [-0.4, -0.2) is 29.0 Å². The zero-order valence-corrected chi connectivity index (χ0v) is 13.8. The SMILES string of the molecule is Cc1ccc(-c2ccc(C(=O)NC3CC4CCC3N4)o2)c([N+](=O)[O-])c1. The standard InChI is InChI=1S/C18H19N3O4/c1-10-2-4-12(15(8-10)21(23)24)16-6-7-17(25-16)18(22)20-14-9-11-3-5-13(14)19-11/h2,4,6-8,11,13-14,19H,3,5,9H2,1H3,(H,20,22). The minimum atomic E-state index is -0.439. The zero-order chi connectivity index (χ0) is 17.6. The van der Waals surface area contributed by atoms with Crippen LogP contribution >= 0.6 is 0 Å². The quantitative estimate of drug-likeness (QED) is 0.658. The van der Waals surface area contributed by atoms with Crippen molar-refractivity contribution >= 4 is 11.6 Å². The van der Waals surface area contributed by atoms with E-state index in [0.717, 1.165) is 18.4 Å². The first-order chi connectivity index (χ1) is 12.0. The zero-order valence-electron chi connectivity index (χ0n) is 13.8. The van der Waals surface area contributed by atoms with Gasteiger partial charge in [0, 0.05) is 24.2 Å². The van der Waals surface area contributed by atoms with E-state index in [1.165, 1.54) is 12.5 Å². The maximum Gasteiger partial charge on any atom is 0.287 e. The molecule has 0 saturated carbocycles. The Morgan fingerprint density at radius 2 is 2.16 bits per heavy atom. The van der Waals surface area contributed by atoms with E-state index in [9.17, 15) is 14.9 Å². The molecule has 0 aliphatic carbocycles. The van der Waals surface area contributed by atoms with Gasteiger partial charge in [0.2, 0.25) is 0 Å². The van der Waals surface area contributed by atoms with E-state index in [1.54, 1.807) is 31.2 Å². The van der Waals surface area contributed by atoms with Gasteiger partial charge in [-0.05, 0) is 49.9 Å². The third-order valence-corrected chi connectivity index (χ3v) is 5.06. The highest BCUT2D eigenvalue weighted by atomic mass is 16.6. The van der Waals surface area contributed by atoms with Crippen molar-refractivity contribution in [2.75, 3.05) is 0 Å². The summed E-state index contributed by atoms with van der Waals surface area (Å²) in [6.07, 6.45) is 3.18. The summed E-state index contributed by atoms with van der Waals surface area (Å²) in [5, 5.41) is 17.7. The first kappa shape index (κ1) is 15.8. The Labute approximate surface area is 144 Å². The van der Waals surface area contributed by atoms with Crippen molar-refractivity contribution < 1.29 is 14.1 Å². The Morgan fingerprint density at radius 3 is 2.84 bits per heavy atom. The third-order valence-electron chi connectivity index (χ3n) is 5.06. The highest BCUT2D eigenvalue weighted by Crippen LogP contribution is 2.32. The molecular weight excluding hydrogens is 322 g/mol. The van der Waals surface area contributed by atoms with Crippen LogP contribution in [0.15, 0.2) is 34.7 Å². The molecule has 130 valence electrons. The Hall–Kier alpha value is -2.67. The smallest absolute Gasteiger partial charge is 0.287 e. The van der Waals surface area contributed by atoms with Gasteiger partial charge in [0.25, 0.3) is 11.6 Å². The van der Waals surface area contributed by atoms with Crippen LogP contribution in [0.25, 0.3) is 11.3 Å². The van der Waals surface area contributed by atoms with Gasteiger partial charge in [-0.2, -0.15) is 0 Å². The summed E-state index contributed by atoms with van der Waals surface area (Å²) in [4.78, 5) is 23.3. The number of nitro groups is 1. The first-order valence-electron chi connectivity index (χ1n) is 8.43. The van der Waals surface area contributed by atoms with Gasteiger partial charge in [-0.1, -0.05) is 6.07 Å². The van der Waals surface area contributed by atoms with Crippen LogP contribution in [0.3, 0.4) is 0 Å². The summed E-state index contributed by atoms with van der Waals surface area (Å²) < 4.78 is 5.62. The number of fused-ring (bicyclic) bond motifs is 2. The van der Waals surface area contributed by atoms with E-state index >= 15 is 0 Å². The lowest BCUT2D eigenvalue weighted by Crippen LogP contribution is -2.42. The highest BCUT2D eigenvalue weighted by molar-refractivity contribution is 5.92. The Bertz CT molecular complexity index is 845. The van der Waals surface area contributed by atoms with Crippen LogP contribution in [0, 0.1) is 17.0 Å². The predicted octanol–water partition coefficient (Wildman–Crippen LogP) is 2.79. The lowest BCUT2D eigenvalue weighted by Gasteiger charge is -2.20. The van der Waals surface area contributed by atoms with Gasteiger partial charge in [0.15, 0.2) is 5.76 Å². The van der Waals surface area contributed by atoms with Crippen molar-refractivity contribution in [1.29, 1.82) is 0 Å². The molecule has 25 heavy (non-hydrogen) atoms. The second-order valence-electron chi connectivity index (χ2n) is 6.80. The molecule has 2 aromatic rings. The molecule has 3 unspecified atom stereocenters. The minimum Gasteiger partial charge on any atom is -0.451 e. The number of benzene rings is 1. The van der Waals surface area contributed by atoms with Crippen molar-refractivity contribution in [2.45, 2.75) is 44.3 Å². The number of nitro benzene ring substituents is 1. The van der Waals surface area contributed by atoms with Gasteiger partial charge < -0.3 is 15.1 Å². The van der Waals surface area contributed by atoms with E-state index in [4.69, 9.17) is 4.42 Å². The van der Waals surface area contributed by atoms with Crippen LogP contribution in [0.4, 0.5) is 5.69 Å². The molecule has 3 heterocycles. The number of carbonyl (C=O) groups is 1. The van der Waals surface area contributed by atoms with Gasteiger partial charge in [-0.25, -0.2) is 0 Å². The van der Waals surface area contributed by atoms with Gasteiger partial charge in [-0.15, -0.1) is 0 Å². The molecule has 7 nitrogen and oxygen atoms in total. The topological polar surface area (TPSA) is 97.4 Å². The fourth-order valence-electron chi connectivity index (χ4n) is 3.83. The lowest BCUT2D eigenvalue weighted by molar-refractivity contribution is -0.384. The molecule has 2 aliphatic heterocycles. The van der Waals surface area contributed by atoms with Crippen molar-refractivity contribution in [3.05, 3.63) is 51.8 Å². The largest absolute Gasteiger partial charge is 0.451 e. The average Bonchev–Trinajstić information content (AvgIpc) is 3.31. The molecule has 0 radical (unpaired) electrons. The number of rotatable bonds is 4. The molecule has 1 amide bonds. The molecule has 2 N–H and O–H groups in total. The Morgan fingerprint density at radius 1 is 1.32 bits per heavy atom. The Kier molecular flexibility index (Phi) is 3.80. The van der Waals surface area contributed by atoms with E-state index in [2.05, 4.69) is 10.6 Å². The number of nitrogens with one attached hydrogen (secondary N) is 2. The summed E-state index contributed by atoms with van der Waals surface area (Å²) in [5.41, 5.74) is 1.14. The molecule has 1 aromatic heterocycles. The molecule has 3 atom stereocenters. The summed E-state index contributed by atoms with van der Waals surface area (Å²) >= 11 is 0. The molecule has 0 spiro atoms. The monoisotopic (exact) mass is 341 g/mol. The number of nitrogens with zero attached hydrogens (tertiary/aromatic N) is 1. The van der Waals surface area contributed by atoms with Gasteiger partial charge >= 0.3 is 0 Å². The summed E-state index contributed by atoms with van der Waals surface area (Å²) in [5.74, 6) is 0.218. The molecule has 1 aromatic carbocycles. The van der Waals surface area contributed by atoms with Crippen molar-refractivity contribution in [2.24, 2.45) is 0 Å². The fraction of sp³-hybridized carbons (Fsp3) is 0.389. The molecule has 2 bridgehead atoms. The van der Waals surface area contributed by atoms with Gasteiger partial charge in [0.1, 0.15) is 5.76 Å². The number of furan rings is 1. The third kappa shape index (κ3) is 2.91. The van der Waals surface area contributed by atoms with E-state index in [-0.39, 0.29) is 23.4 Å². The minimum absolute atomic E-state index is 0.0291. The summed E-state index contributed by atoms with van der Waals surface area (Å²) in [7, 11) is 0. The van der Waals surface area contributed by atoms with Crippen LogP contribution < -0.4 is 10.6 Å². The first-order valence-corrected chi connectivity index (χ1v) is 8.43. The second-order valence-corrected chi connectivity index (χ2v) is 6.80. The molecule has 4 rings (SSSR count). The maximum absolute atomic E-state index is 12.4. The number of aryl methyl sites for hydroxylation is 1. The van der Waals surface area contributed by atoms with Gasteiger partial charge in [-0.3, -0.25) is 14.9 Å². The maximum atomic E-state index is 12.4. The molecule has 2 saturated heterocycles. The predicted molar refractivity (Wildman–Crippen MR) is 91.4 cm³/mol. The van der Waals surface area contributed by atoms with Gasteiger partial charge in [0.05, 0.1) is 10.5 Å². The summed E-state index contributed by atoms with van der Waals surface area (Å²) in [6.45, 7) is 1.79.